The smallest absolute Gasteiger partial charge is 0.369 e. The second kappa shape index (κ2) is 26.3. The predicted molar refractivity (Wildman–Crippen MR) is 352 cm³/mol. The molecular formula is C75H46N8O12S2. The average molecular weight is 1320 g/mol. The number of carbonyl (C=O) groups is 6. The van der Waals surface area contributed by atoms with Gasteiger partial charge in [0.15, 0.2) is 0 Å². The minimum atomic E-state index is -2.87. The molecule has 0 spiro atoms. The highest BCUT2D eigenvalue weighted by atomic mass is 32.1. The molecular weight excluding hydrogens is 1270 g/mol. The number of aromatic nitrogens is 2. The van der Waals surface area contributed by atoms with Crippen molar-refractivity contribution < 1.29 is 57.2 Å². The van der Waals surface area contributed by atoms with Gasteiger partial charge in [0, 0.05) is 45.3 Å². The molecule has 6 aliphatic rings. The molecule has 5 aromatic carbocycles. The number of ketones is 2. The number of rotatable bonds is 15. The van der Waals surface area contributed by atoms with Gasteiger partial charge in [0.1, 0.15) is 96.2 Å². The van der Waals surface area contributed by atoms with Crippen molar-refractivity contribution in [2.45, 2.75) is 44.6 Å². The molecule has 7 aromatic rings. The normalized spacial score (nSPS) is 18.7. The van der Waals surface area contributed by atoms with E-state index in [-0.39, 0.29) is 125 Å². The summed E-state index contributed by atoms with van der Waals surface area (Å²) in [5.74, 6) is -7.99. The fourth-order valence-electron chi connectivity index (χ4n) is 11.8. The monoisotopic (exact) mass is 1310 g/mol. The topological polar surface area (TPSA) is 303 Å². The molecule has 97 heavy (non-hydrogen) atoms. The molecule has 0 N–H and O–H groups in total. The second-order valence-corrected chi connectivity index (χ2v) is 24.1. The van der Waals surface area contributed by atoms with Gasteiger partial charge in [-0.1, -0.05) is 205 Å². The van der Waals surface area contributed by atoms with Gasteiger partial charge in [-0.2, -0.15) is 21.0 Å². The van der Waals surface area contributed by atoms with Crippen molar-refractivity contribution >= 4 is 96.5 Å². The Balaban J connectivity index is 1.01. The summed E-state index contributed by atoms with van der Waals surface area (Å²) >= 11 is 1.69. The first kappa shape index (κ1) is 62.9. The number of allylic oxidation sites excluding steroid dienone is 15. The van der Waals surface area contributed by atoms with E-state index in [1.807, 2.05) is 24.3 Å². The number of thiazole rings is 2. The molecule has 2 aliphatic heterocycles. The number of esters is 4. The Morgan fingerprint density at radius 1 is 0.515 bits per heavy atom. The van der Waals surface area contributed by atoms with E-state index in [1.54, 1.807) is 171 Å². The Bertz CT molecular complexity index is 4950. The van der Waals surface area contributed by atoms with Crippen molar-refractivity contribution in [1.29, 1.82) is 21.0 Å². The van der Waals surface area contributed by atoms with Crippen molar-refractivity contribution in [2.75, 3.05) is 0 Å². The summed E-state index contributed by atoms with van der Waals surface area (Å²) in [4.78, 5) is 110. The number of nitriles is 4. The van der Waals surface area contributed by atoms with E-state index in [9.17, 15) is 30.6 Å². The van der Waals surface area contributed by atoms with Crippen molar-refractivity contribution in [2.24, 2.45) is 21.8 Å². The molecule has 2 aromatic heterocycles. The first-order chi connectivity index (χ1) is 47.3. The zero-order valence-electron chi connectivity index (χ0n) is 50.9. The van der Waals surface area contributed by atoms with Gasteiger partial charge in [0.25, 0.3) is 0 Å². The molecule has 0 radical (unpaired) electrons. The molecule has 0 saturated heterocycles. The van der Waals surface area contributed by atoms with Gasteiger partial charge in [-0.25, -0.2) is 39.1 Å². The van der Waals surface area contributed by atoms with Gasteiger partial charge in [-0.3, -0.25) is 9.59 Å². The molecule has 2 atom stereocenters. The molecule has 4 heterocycles. The summed E-state index contributed by atoms with van der Waals surface area (Å²) in [6, 6.07) is 48.5. The van der Waals surface area contributed by atoms with Gasteiger partial charge in [0.05, 0.1) is 9.75 Å². The van der Waals surface area contributed by atoms with Crippen molar-refractivity contribution in [3.8, 4) is 24.3 Å². The molecule has 0 bridgehead atoms. The largest absolute Gasteiger partial charge is 0.458 e. The maximum absolute atomic E-state index is 15.4. The number of benzene rings is 5. The van der Waals surface area contributed by atoms with E-state index in [0.717, 1.165) is 22.7 Å². The number of Topliss-reactive ketones (excluding diaryl/α,β-unsaturated/α-hetero) is 2. The van der Waals surface area contributed by atoms with Crippen molar-refractivity contribution in [1.82, 2.24) is 9.97 Å². The van der Waals surface area contributed by atoms with Crippen LogP contribution >= 0.6 is 22.7 Å². The maximum atomic E-state index is 15.4. The summed E-state index contributed by atoms with van der Waals surface area (Å²) in [7, 11) is 0. The Hall–Kier alpha value is -12.9. The second-order valence-electron chi connectivity index (χ2n) is 22.1. The van der Waals surface area contributed by atoms with Gasteiger partial charge in [-0.05, 0) is 52.5 Å². The third-order valence-electron chi connectivity index (χ3n) is 16.4. The fraction of sp³-hybridized carbons (Fsp3) is 0.120. The van der Waals surface area contributed by atoms with Crippen molar-refractivity contribution in [3.05, 3.63) is 289 Å². The predicted octanol–water partition coefficient (Wildman–Crippen LogP) is 12.3. The summed E-state index contributed by atoms with van der Waals surface area (Å²) in [6.07, 6.45) is 11.1. The van der Waals surface area contributed by atoms with Crippen LogP contribution in [0.3, 0.4) is 0 Å². The van der Waals surface area contributed by atoms with E-state index in [1.165, 1.54) is 24.3 Å². The number of aliphatic imine (C=N–C) groups is 2. The summed E-state index contributed by atoms with van der Waals surface area (Å²) in [6.45, 7) is 3.98. The van der Waals surface area contributed by atoms with Gasteiger partial charge < -0.3 is 28.4 Å². The van der Waals surface area contributed by atoms with Crippen LogP contribution in [0.15, 0.2) is 244 Å². The number of fused-ring (bicyclic) bond motifs is 8. The third-order valence-corrected chi connectivity index (χ3v) is 18.3. The lowest BCUT2D eigenvalue weighted by Crippen LogP contribution is -2.51. The molecule has 0 amide bonds. The first-order valence-corrected chi connectivity index (χ1v) is 31.5. The van der Waals surface area contributed by atoms with Crippen LogP contribution in [-0.4, -0.2) is 56.8 Å². The lowest BCUT2D eigenvalue weighted by atomic mass is 9.76. The Morgan fingerprint density at radius 3 is 1.25 bits per heavy atom. The van der Waals surface area contributed by atoms with Gasteiger partial charge in [-0.15, -0.1) is 0 Å². The number of carbonyl (C=O) groups excluding carboxylic acids is 6. The van der Waals surface area contributed by atoms with E-state index < -0.39 is 69.6 Å². The van der Waals surface area contributed by atoms with Crippen LogP contribution in [0.4, 0.5) is 10.3 Å². The van der Waals surface area contributed by atoms with Crippen LogP contribution in [0.1, 0.15) is 66.2 Å². The van der Waals surface area contributed by atoms with E-state index in [0.29, 0.717) is 22.3 Å². The van der Waals surface area contributed by atoms with E-state index >= 15 is 19.2 Å². The number of nitrogens with zero attached hydrogens (tertiary/aromatic N) is 8. The summed E-state index contributed by atoms with van der Waals surface area (Å²) < 4.78 is 37.8. The lowest BCUT2D eigenvalue weighted by molar-refractivity contribution is -0.191. The molecule has 13 rings (SSSR count). The van der Waals surface area contributed by atoms with Crippen LogP contribution in [-0.2, 0) is 90.0 Å². The quantitative estimate of drug-likeness (QED) is 0.0303. The number of hydrogen-bond acceptors (Lipinski definition) is 22. The molecule has 2 unspecified atom stereocenters. The molecule has 470 valence electrons. The Morgan fingerprint density at radius 2 is 0.876 bits per heavy atom. The van der Waals surface area contributed by atoms with E-state index in [2.05, 4.69) is 6.58 Å². The first-order valence-electron chi connectivity index (χ1n) is 29.9. The van der Waals surface area contributed by atoms with Gasteiger partial charge in [0.2, 0.25) is 21.8 Å². The number of hydrogen-bond donors (Lipinski definition) is 0. The minimum Gasteiger partial charge on any atom is -0.458 e. The zero-order chi connectivity index (χ0) is 67.5. The highest BCUT2D eigenvalue weighted by Gasteiger charge is 2.63. The van der Waals surface area contributed by atoms with Gasteiger partial charge >= 0.3 is 35.1 Å². The molecule has 1 fully saturated rings. The molecule has 4 aliphatic carbocycles. The highest BCUT2D eigenvalue weighted by Crippen LogP contribution is 2.56. The van der Waals surface area contributed by atoms with Crippen molar-refractivity contribution in [3.63, 3.8) is 0 Å². The minimum absolute atomic E-state index is 0.0514. The van der Waals surface area contributed by atoms with Crippen LogP contribution in [0.5, 0.6) is 0 Å². The summed E-state index contributed by atoms with van der Waals surface area (Å²) in [5, 5.41) is 40.5. The summed E-state index contributed by atoms with van der Waals surface area (Å²) in [5.41, 5.74) is -4.68. The molecule has 1 saturated carbocycles. The SMILES string of the molecule is C=C/C=C1/C(=C(C#N)C#N)C(=Nc2nc3c(s2)C2=CC4C=C5OC(C(=O)OCc6ccccc6)(C(=O)OCc6ccccc6)c6nc(N=C7C(=O)c8ccccc8C7=C(C#N)C#N)sc6C5=CC4C=C2OC3(C(=O)OCc2ccccc2)C(=O)OCc2ccccc2)C(=O)/C1=C/C. The fourth-order valence-corrected chi connectivity index (χ4v) is 13.9. The third kappa shape index (κ3) is 11.2. The highest BCUT2D eigenvalue weighted by molar-refractivity contribution is 7.17. The van der Waals surface area contributed by atoms with E-state index in [4.69, 9.17) is 48.4 Å². The van der Waals surface area contributed by atoms with Crippen LogP contribution in [0, 0.1) is 57.2 Å². The average Bonchev–Trinajstić information content (AvgIpc) is 1.68. The maximum Gasteiger partial charge on any atom is 0.369 e. The van der Waals surface area contributed by atoms with Crippen LogP contribution < -0.4 is 0 Å². The standard InChI is InChI=1S/C75H46N8O12S2/c1-3-19-51-50(4-2)62(84)60(58(51)48(34-76)35-77)80-72-82-66-64(96-72)54-30-46-33-57-55(31-47(46)32-56(54)94-74(66,68(86)90-38-42-20-9-5-10-21-42)69(87)91-39-43-22-11-6-12-23-43)65-67(83-73(97-65)81-61-59(49(36-78)37-79)52-28-17-18-29-53(52)63(61)85)75(95-57,70(88)92-40-44-24-13-7-14-25-44)71(89)93-41-45-26-15-8-16-27-45/h3-33,46-47H,1,38-41H2,2H3/b50-4+,51-19+,80-60?,81-61?. The van der Waals surface area contributed by atoms with Crippen LogP contribution in [0.2, 0.25) is 0 Å². The number of ether oxygens (including phenoxy) is 6. The zero-order valence-corrected chi connectivity index (χ0v) is 52.5. The molecule has 22 heteroatoms. The lowest BCUT2D eigenvalue weighted by Gasteiger charge is -2.40. The molecule has 20 nitrogen and oxygen atoms in total. The Kier molecular flexibility index (Phi) is 17.0. The Labute approximate surface area is 560 Å². The van der Waals surface area contributed by atoms with Crippen LogP contribution in [0.25, 0.3) is 16.7 Å².